The Bertz CT molecular complexity index is 1110. The molecule has 0 spiro atoms. The van der Waals surface area contributed by atoms with Crippen molar-refractivity contribution in [3.8, 4) is 22.6 Å². The van der Waals surface area contributed by atoms with Gasteiger partial charge in [0.25, 0.3) is 5.91 Å². The lowest BCUT2D eigenvalue weighted by Crippen LogP contribution is -2.26. The van der Waals surface area contributed by atoms with E-state index in [0.717, 1.165) is 33.1 Å². The number of ether oxygens (including phenoxy) is 2. The third-order valence-electron chi connectivity index (χ3n) is 5.04. The topological polar surface area (TPSA) is 84.9 Å². The first kappa shape index (κ1) is 20.9. The Labute approximate surface area is 187 Å². The van der Waals surface area contributed by atoms with Gasteiger partial charge in [-0.05, 0) is 52.9 Å². The van der Waals surface area contributed by atoms with Crippen LogP contribution in [-0.2, 0) is 12.8 Å². The molecule has 0 bridgehead atoms. The fraction of sp³-hybridized carbons (Fsp3) is 0.167. The molecule has 31 heavy (non-hydrogen) atoms. The van der Waals surface area contributed by atoms with Crippen molar-refractivity contribution in [2.75, 3.05) is 13.2 Å². The first-order valence-corrected chi connectivity index (χ1v) is 10.6. The highest BCUT2D eigenvalue weighted by molar-refractivity contribution is 9.10. The summed E-state index contributed by atoms with van der Waals surface area (Å²) >= 11 is 3.46. The van der Waals surface area contributed by atoms with Gasteiger partial charge in [-0.3, -0.25) is 4.79 Å². The van der Waals surface area contributed by atoms with E-state index in [-0.39, 0.29) is 11.7 Å². The second-order valence-corrected chi connectivity index (χ2v) is 8.05. The van der Waals surface area contributed by atoms with Gasteiger partial charge in [-0.1, -0.05) is 52.3 Å². The van der Waals surface area contributed by atoms with E-state index in [2.05, 4.69) is 26.0 Å². The van der Waals surface area contributed by atoms with Crippen LogP contribution in [0, 0.1) is 0 Å². The van der Waals surface area contributed by atoms with Crippen molar-refractivity contribution in [2.45, 2.75) is 12.8 Å². The lowest BCUT2D eigenvalue weighted by molar-refractivity contribution is 0.0950. The maximum absolute atomic E-state index is 12.6. The van der Waals surface area contributed by atoms with Gasteiger partial charge >= 0.3 is 6.16 Å². The molecular formula is C24H20BrNO5. The largest absolute Gasteiger partial charge is 0.511 e. The zero-order valence-electron chi connectivity index (χ0n) is 16.6. The molecule has 1 aliphatic rings. The van der Waals surface area contributed by atoms with Crippen LogP contribution in [0.5, 0.6) is 11.5 Å². The Morgan fingerprint density at radius 2 is 1.71 bits per heavy atom. The summed E-state index contributed by atoms with van der Waals surface area (Å²) in [5.41, 5.74) is 4.69. The quantitative estimate of drug-likeness (QED) is 0.378. The molecule has 0 saturated heterocycles. The van der Waals surface area contributed by atoms with E-state index in [0.29, 0.717) is 30.9 Å². The van der Waals surface area contributed by atoms with Crippen LogP contribution in [0.25, 0.3) is 11.1 Å². The van der Waals surface area contributed by atoms with E-state index in [1.807, 2.05) is 42.5 Å². The minimum Gasteiger partial charge on any atom is -0.492 e. The molecule has 0 aliphatic carbocycles. The highest BCUT2D eigenvalue weighted by atomic mass is 79.9. The SMILES string of the molecule is O=C(O)Oc1ccc(-c2ccc(CCNC(=O)c3cc(Br)cc4c3OCC4)cc2)cc1. The normalized spacial score (nSPS) is 12.0. The summed E-state index contributed by atoms with van der Waals surface area (Å²) in [4.78, 5) is 23.2. The van der Waals surface area contributed by atoms with Crippen molar-refractivity contribution >= 4 is 28.0 Å². The molecule has 7 heteroatoms. The minimum absolute atomic E-state index is 0.139. The summed E-state index contributed by atoms with van der Waals surface area (Å²) in [5.74, 6) is 0.828. The van der Waals surface area contributed by atoms with Crippen LogP contribution in [0.1, 0.15) is 21.5 Å². The third-order valence-corrected chi connectivity index (χ3v) is 5.50. The Morgan fingerprint density at radius 1 is 1.03 bits per heavy atom. The van der Waals surface area contributed by atoms with Gasteiger partial charge in [-0.25, -0.2) is 4.79 Å². The zero-order valence-corrected chi connectivity index (χ0v) is 18.1. The Hall–Kier alpha value is -3.32. The van der Waals surface area contributed by atoms with Crippen LogP contribution in [0.15, 0.2) is 65.1 Å². The van der Waals surface area contributed by atoms with Crippen LogP contribution in [0.3, 0.4) is 0 Å². The number of carbonyl (C=O) groups is 2. The third kappa shape index (κ3) is 5.06. The van der Waals surface area contributed by atoms with Gasteiger partial charge in [0.2, 0.25) is 0 Å². The molecule has 0 unspecified atom stereocenters. The molecule has 4 rings (SSSR count). The van der Waals surface area contributed by atoms with Crippen LogP contribution in [-0.4, -0.2) is 30.3 Å². The monoisotopic (exact) mass is 481 g/mol. The van der Waals surface area contributed by atoms with Gasteiger partial charge in [0.05, 0.1) is 12.2 Å². The second kappa shape index (κ2) is 9.22. The predicted molar refractivity (Wildman–Crippen MR) is 120 cm³/mol. The molecule has 0 aromatic heterocycles. The van der Waals surface area contributed by atoms with Crippen LogP contribution in [0.2, 0.25) is 0 Å². The molecule has 0 fully saturated rings. The number of rotatable bonds is 6. The number of benzene rings is 3. The van der Waals surface area contributed by atoms with Gasteiger partial charge in [-0.2, -0.15) is 0 Å². The lowest BCUT2D eigenvalue weighted by atomic mass is 10.0. The molecule has 0 atom stereocenters. The van der Waals surface area contributed by atoms with Gasteiger partial charge in [0.15, 0.2) is 0 Å². The zero-order chi connectivity index (χ0) is 21.8. The van der Waals surface area contributed by atoms with Crippen molar-refractivity contribution in [1.82, 2.24) is 5.32 Å². The van der Waals surface area contributed by atoms with Gasteiger partial charge in [-0.15, -0.1) is 0 Å². The highest BCUT2D eigenvalue weighted by Gasteiger charge is 2.21. The standard InChI is InChI=1S/C24H20BrNO5/c25-19-13-18-10-12-30-22(18)21(14-19)23(27)26-11-9-15-1-3-16(4-2-15)17-5-7-20(8-6-17)31-24(28)29/h1-8,13-14H,9-12H2,(H,26,27)(H,28,29). The molecule has 3 aromatic carbocycles. The maximum Gasteiger partial charge on any atom is 0.511 e. The van der Waals surface area contributed by atoms with Gasteiger partial charge in [0, 0.05) is 17.4 Å². The Kier molecular flexibility index (Phi) is 6.23. The fourth-order valence-corrected chi connectivity index (χ4v) is 4.04. The van der Waals surface area contributed by atoms with E-state index < -0.39 is 6.16 Å². The van der Waals surface area contributed by atoms with Gasteiger partial charge < -0.3 is 19.9 Å². The predicted octanol–water partition coefficient (Wildman–Crippen LogP) is 5.08. The van der Waals surface area contributed by atoms with Crippen LogP contribution < -0.4 is 14.8 Å². The van der Waals surface area contributed by atoms with Gasteiger partial charge in [0.1, 0.15) is 11.5 Å². The van der Waals surface area contributed by atoms with Crippen LogP contribution >= 0.6 is 15.9 Å². The average molecular weight is 482 g/mol. The van der Waals surface area contributed by atoms with Crippen molar-refractivity contribution in [1.29, 1.82) is 0 Å². The smallest absolute Gasteiger partial charge is 0.492 e. The number of nitrogens with one attached hydrogen (secondary N) is 1. The molecule has 3 aromatic rings. The first-order valence-electron chi connectivity index (χ1n) is 9.83. The maximum atomic E-state index is 12.6. The summed E-state index contributed by atoms with van der Waals surface area (Å²) in [7, 11) is 0. The summed E-state index contributed by atoms with van der Waals surface area (Å²) < 4.78 is 11.1. The number of hydrogen-bond donors (Lipinski definition) is 2. The Balaban J connectivity index is 1.34. The van der Waals surface area contributed by atoms with E-state index in [1.54, 1.807) is 18.2 Å². The van der Waals surface area contributed by atoms with Crippen LogP contribution in [0.4, 0.5) is 4.79 Å². The van der Waals surface area contributed by atoms with E-state index in [4.69, 9.17) is 9.84 Å². The summed E-state index contributed by atoms with van der Waals surface area (Å²) in [6.07, 6.45) is 0.187. The van der Waals surface area contributed by atoms with E-state index in [1.165, 1.54) is 0 Å². The Morgan fingerprint density at radius 3 is 2.39 bits per heavy atom. The summed E-state index contributed by atoms with van der Waals surface area (Å²) in [6, 6.07) is 18.7. The number of amides is 1. The minimum atomic E-state index is -1.33. The molecule has 0 radical (unpaired) electrons. The number of halogens is 1. The highest BCUT2D eigenvalue weighted by Crippen LogP contribution is 2.33. The molecule has 2 N–H and O–H groups in total. The number of carboxylic acid groups (broad SMARTS) is 1. The lowest BCUT2D eigenvalue weighted by Gasteiger charge is -2.10. The molecule has 1 heterocycles. The fourth-order valence-electron chi connectivity index (χ4n) is 3.53. The summed E-state index contributed by atoms with van der Waals surface area (Å²) in [5, 5.41) is 11.6. The van der Waals surface area contributed by atoms with Crippen molar-refractivity contribution in [3.05, 3.63) is 81.8 Å². The number of fused-ring (bicyclic) bond motifs is 1. The first-order chi connectivity index (χ1) is 15.0. The van der Waals surface area contributed by atoms with E-state index >= 15 is 0 Å². The van der Waals surface area contributed by atoms with Crippen molar-refractivity contribution in [3.63, 3.8) is 0 Å². The van der Waals surface area contributed by atoms with Crippen molar-refractivity contribution < 1.29 is 24.2 Å². The number of carbonyl (C=O) groups excluding carboxylic acids is 1. The molecule has 0 saturated carbocycles. The molecule has 6 nitrogen and oxygen atoms in total. The average Bonchev–Trinajstić information content (AvgIpc) is 3.22. The van der Waals surface area contributed by atoms with E-state index in [9.17, 15) is 9.59 Å². The molecule has 1 amide bonds. The van der Waals surface area contributed by atoms with Crippen molar-refractivity contribution in [2.24, 2.45) is 0 Å². The second-order valence-electron chi connectivity index (χ2n) is 7.14. The molecular weight excluding hydrogens is 462 g/mol. The molecule has 158 valence electrons. The molecule has 1 aliphatic heterocycles. The summed E-state index contributed by atoms with van der Waals surface area (Å²) in [6.45, 7) is 1.12. The number of hydrogen-bond acceptors (Lipinski definition) is 4.